The minimum atomic E-state index is -0.304. The Kier molecular flexibility index (Phi) is 2.87. The van der Waals surface area contributed by atoms with Gasteiger partial charge in [-0.05, 0) is 6.07 Å². The molecule has 3 aromatic heterocycles. The number of benzene rings is 1. The Bertz CT molecular complexity index is 1060. The van der Waals surface area contributed by atoms with Crippen molar-refractivity contribution in [1.82, 2.24) is 5.16 Å². The molecule has 0 saturated carbocycles. The van der Waals surface area contributed by atoms with Gasteiger partial charge in [-0.15, -0.1) is 0 Å². The fourth-order valence-corrected chi connectivity index (χ4v) is 2.67. The first-order valence-electron chi connectivity index (χ1n) is 6.74. The fraction of sp³-hybridized carbons (Fsp3) is 0.125. The molecule has 7 heteroatoms. The van der Waals surface area contributed by atoms with Gasteiger partial charge >= 0.3 is 0 Å². The first-order chi connectivity index (χ1) is 11.3. The first-order valence-corrected chi connectivity index (χ1v) is 6.74. The van der Waals surface area contributed by atoms with Crippen LogP contribution >= 0.6 is 0 Å². The zero-order valence-electron chi connectivity index (χ0n) is 12.3. The van der Waals surface area contributed by atoms with Crippen molar-refractivity contribution in [2.24, 2.45) is 0 Å². The highest BCUT2D eigenvalue weighted by Gasteiger charge is 2.24. The van der Waals surface area contributed by atoms with E-state index in [-0.39, 0.29) is 22.0 Å². The van der Waals surface area contributed by atoms with Crippen LogP contribution in [-0.2, 0) is 0 Å². The number of nitrogens with zero attached hydrogens (tertiary/aromatic N) is 1. The maximum Gasteiger partial charge on any atom is 0.207 e. The summed E-state index contributed by atoms with van der Waals surface area (Å²) in [5.41, 5.74) is 0.645. The van der Waals surface area contributed by atoms with E-state index in [1.54, 1.807) is 12.1 Å². The third-order valence-electron chi connectivity index (χ3n) is 3.65. The van der Waals surface area contributed by atoms with Gasteiger partial charge in [0.1, 0.15) is 23.0 Å². The summed E-state index contributed by atoms with van der Waals surface area (Å²) >= 11 is 0. The minimum absolute atomic E-state index is 0.248. The van der Waals surface area contributed by atoms with Crippen molar-refractivity contribution in [1.29, 1.82) is 0 Å². The summed E-state index contributed by atoms with van der Waals surface area (Å²) in [4.78, 5) is 12.9. The monoisotopic (exact) mass is 313 g/mol. The summed E-state index contributed by atoms with van der Waals surface area (Å²) < 4.78 is 26.9. The summed E-state index contributed by atoms with van der Waals surface area (Å²) in [5.74, 6) is 1.01. The second-order valence-electron chi connectivity index (χ2n) is 4.79. The highest BCUT2D eigenvalue weighted by atomic mass is 16.5. The molecular formula is C16H11NO6. The molecule has 0 aliphatic carbocycles. The largest absolute Gasteiger partial charge is 0.495 e. The van der Waals surface area contributed by atoms with Crippen molar-refractivity contribution in [2.45, 2.75) is 0 Å². The van der Waals surface area contributed by atoms with E-state index in [4.69, 9.17) is 22.8 Å². The number of rotatable bonds is 3. The van der Waals surface area contributed by atoms with Crippen LogP contribution in [0.1, 0.15) is 0 Å². The molecule has 0 aliphatic rings. The molecule has 0 bridgehead atoms. The zero-order chi connectivity index (χ0) is 16.0. The molecule has 0 radical (unpaired) electrons. The second-order valence-corrected chi connectivity index (χ2v) is 4.79. The van der Waals surface area contributed by atoms with Crippen LogP contribution in [0.3, 0.4) is 0 Å². The second kappa shape index (κ2) is 4.91. The summed E-state index contributed by atoms with van der Waals surface area (Å²) in [6.45, 7) is 0. The predicted octanol–water partition coefficient (Wildman–Crippen LogP) is 3.21. The summed E-state index contributed by atoms with van der Waals surface area (Å²) in [7, 11) is 2.96. The van der Waals surface area contributed by atoms with Crippen molar-refractivity contribution in [3.8, 4) is 22.8 Å². The summed E-state index contributed by atoms with van der Waals surface area (Å²) in [5, 5.41) is 4.49. The predicted molar refractivity (Wildman–Crippen MR) is 80.9 cm³/mol. The number of aromatic nitrogens is 1. The average molecular weight is 313 g/mol. The Morgan fingerprint density at radius 2 is 1.87 bits per heavy atom. The van der Waals surface area contributed by atoms with Gasteiger partial charge in [0.05, 0.1) is 32.1 Å². The van der Waals surface area contributed by atoms with Gasteiger partial charge in [-0.25, -0.2) is 0 Å². The average Bonchev–Trinajstić information content (AvgIpc) is 3.24. The lowest BCUT2D eigenvalue weighted by molar-refractivity contribution is 0.400. The number of furan rings is 1. The number of hydrogen-bond donors (Lipinski definition) is 0. The van der Waals surface area contributed by atoms with E-state index in [9.17, 15) is 4.79 Å². The standard InChI is InChI=1S/C16H11NO6/c1-19-13-8-4-6-21-14(8)16(20-2)15-11(13)12(18)9(7-22-15)10-3-5-17-23-10/h3-7H,1-2H3. The quantitative estimate of drug-likeness (QED) is 0.573. The van der Waals surface area contributed by atoms with Gasteiger partial charge in [0, 0.05) is 6.07 Å². The Labute approximate surface area is 129 Å². The molecule has 0 aliphatic heterocycles. The van der Waals surface area contributed by atoms with Crippen LogP contribution in [0.4, 0.5) is 0 Å². The van der Waals surface area contributed by atoms with Crippen LogP contribution in [0.15, 0.2) is 49.0 Å². The Balaban J connectivity index is 2.22. The molecule has 0 N–H and O–H groups in total. The molecule has 116 valence electrons. The van der Waals surface area contributed by atoms with Crippen molar-refractivity contribution < 1.29 is 22.8 Å². The van der Waals surface area contributed by atoms with Crippen LogP contribution in [0.5, 0.6) is 11.5 Å². The first kappa shape index (κ1) is 13.4. The molecule has 0 amide bonds. The fourth-order valence-electron chi connectivity index (χ4n) is 2.67. The van der Waals surface area contributed by atoms with Gasteiger partial charge in [0.25, 0.3) is 0 Å². The van der Waals surface area contributed by atoms with Crippen molar-refractivity contribution in [3.63, 3.8) is 0 Å². The lowest BCUT2D eigenvalue weighted by Gasteiger charge is -2.10. The van der Waals surface area contributed by atoms with Crippen LogP contribution < -0.4 is 14.9 Å². The van der Waals surface area contributed by atoms with Crippen molar-refractivity contribution in [3.05, 3.63) is 41.1 Å². The third kappa shape index (κ3) is 1.76. The molecule has 3 heterocycles. The summed E-state index contributed by atoms with van der Waals surface area (Å²) in [6.07, 6.45) is 4.26. The molecule has 23 heavy (non-hydrogen) atoms. The van der Waals surface area contributed by atoms with E-state index in [0.29, 0.717) is 28.2 Å². The smallest absolute Gasteiger partial charge is 0.207 e. The lowest BCUT2D eigenvalue weighted by atomic mass is 10.1. The van der Waals surface area contributed by atoms with Crippen molar-refractivity contribution in [2.75, 3.05) is 14.2 Å². The maximum atomic E-state index is 12.9. The maximum absolute atomic E-state index is 12.9. The van der Waals surface area contributed by atoms with E-state index < -0.39 is 0 Å². The van der Waals surface area contributed by atoms with E-state index in [1.165, 1.54) is 32.9 Å². The van der Waals surface area contributed by atoms with Crippen LogP contribution in [0.2, 0.25) is 0 Å². The van der Waals surface area contributed by atoms with E-state index >= 15 is 0 Å². The van der Waals surface area contributed by atoms with Gasteiger partial charge in [-0.1, -0.05) is 5.16 Å². The molecular weight excluding hydrogens is 302 g/mol. The minimum Gasteiger partial charge on any atom is -0.495 e. The van der Waals surface area contributed by atoms with Gasteiger partial charge in [-0.3, -0.25) is 4.79 Å². The topological polar surface area (TPSA) is 87.8 Å². The van der Waals surface area contributed by atoms with E-state index in [1.807, 2.05) is 0 Å². The number of fused-ring (bicyclic) bond motifs is 2. The molecule has 0 unspecified atom stereocenters. The normalized spacial score (nSPS) is 11.2. The van der Waals surface area contributed by atoms with Gasteiger partial charge in [-0.2, -0.15) is 0 Å². The molecule has 4 rings (SSSR count). The van der Waals surface area contributed by atoms with Crippen LogP contribution in [0, 0.1) is 0 Å². The highest BCUT2D eigenvalue weighted by Crippen LogP contribution is 2.42. The van der Waals surface area contributed by atoms with Crippen molar-refractivity contribution >= 4 is 21.9 Å². The number of ether oxygens (including phenoxy) is 2. The Morgan fingerprint density at radius 3 is 2.57 bits per heavy atom. The van der Waals surface area contributed by atoms with Gasteiger partial charge in [0.2, 0.25) is 11.2 Å². The van der Waals surface area contributed by atoms with E-state index in [0.717, 1.165) is 0 Å². The Morgan fingerprint density at radius 1 is 1.04 bits per heavy atom. The molecule has 7 nitrogen and oxygen atoms in total. The lowest BCUT2D eigenvalue weighted by Crippen LogP contribution is -2.07. The SMILES string of the molecule is COc1c2occc2c(OC)c2c(=O)c(-c3ccno3)coc12. The molecule has 0 saturated heterocycles. The van der Waals surface area contributed by atoms with Crippen LogP contribution in [-0.4, -0.2) is 19.4 Å². The van der Waals surface area contributed by atoms with Gasteiger partial charge in [0.15, 0.2) is 16.9 Å². The molecule has 1 aromatic carbocycles. The molecule has 0 spiro atoms. The molecule has 0 fully saturated rings. The van der Waals surface area contributed by atoms with E-state index in [2.05, 4.69) is 5.16 Å². The number of methoxy groups -OCH3 is 2. The summed E-state index contributed by atoms with van der Waals surface area (Å²) in [6, 6.07) is 3.29. The molecule has 0 atom stereocenters. The van der Waals surface area contributed by atoms with Crippen LogP contribution in [0.25, 0.3) is 33.3 Å². The highest BCUT2D eigenvalue weighted by molar-refractivity contribution is 6.07. The number of hydrogen-bond acceptors (Lipinski definition) is 7. The van der Waals surface area contributed by atoms with Gasteiger partial charge < -0.3 is 22.8 Å². The molecule has 4 aromatic rings. The Hall–Kier alpha value is -3.22. The zero-order valence-corrected chi connectivity index (χ0v) is 12.3. The third-order valence-corrected chi connectivity index (χ3v) is 3.65.